The quantitative estimate of drug-likeness (QED) is 0.560. The van der Waals surface area contributed by atoms with Crippen molar-refractivity contribution in [3.8, 4) is 11.3 Å². The standard InChI is InChI=1S/C22H19ClN4O/c23-17-7-5-14(6-8-17)20-21-22(25-12-24-20)27(13-26-21)10-15-9-16(11-28)19-4-2-1-3-18(15)19/h1-8,12-13,15-16,28H,9-11H2/t15-,16+/m0/s1. The molecule has 0 unspecified atom stereocenters. The molecule has 0 fully saturated rings. The van der Waals surface area contributed by atoms with E-state index in [0.717, 1.165) is 35.4 Å². The lowest BCUT2D eigenvalue weighted by Gasteiger charge is -2.13. The first-order chi connectivity index (χ1) is 13.7. The zero-order chi connectivity index (χ0) is 19.1. The van der Waals surface area contributed by atoms with Crippen molar-refractivity contribution < 1.29 is 5.11 Å². The molecule has 0 spiro atoms. The molecule has 5 rings (SSSR count). The van der Waals surface area contributed by atoms with Crippen LogP contribution in [0.3, 0.4) is 0 Å². The number of aromatic nitrogens is 4. The molecule has 0 radical (unpaired) electrons. The molecule has 6 heteroatoms. The van der Waals surface area contributed by atoms with Crippen LogP contribution in [0.4, 0.5) is 0 Å². The first-order valence-electron chi connectivity index (χ1n) is 9.36. The molecule has 2 atom stereocenters. The van der Waals surface area contributed by atoms with Gasteiger partial charge in [-0.3, -0.25) is 0 Å². The van der Waals surface area contributed by atoms with Crippen LogP contribution in [0.2, 0.25) is 5.02 Å². The van der Waals surface area contributed by atoms with E-state index in [9.17, 15) is 5.11 Å². The number of fused-ring (bicyclic) bond motifs is 2. The number of rotatable bonds is 4. The smallest absolute Gasteiger partial charge is 0.163 e. The van der Waals surface area contributed by atoms with Crippen LogP contribution in [0.1, 0.15) is 29.4 Å². The van der Waals surface area contributed by atoms with Gasteiger partial charge < -0.3 is 9.67 Å². The maximum atomic E-state index is 9.76. The number of benzene rings is 2. The second kappa shape index (κ2) is 7.00. The summed E-state index contributed by atoms with van der Waals surface area (Å²) in [5, 5.41) is 10.5. The predicted octanol–water partition coefficient (Wildman–Crippen LogP) is 4.41. The van der Waals surface area contributed by atoms with Gasteiger partial charge in [-0.25, -0.2) is 15.0 Å². The topological polar surface area (TPSA) is 63.8 Å². The fourth-order valence-corrected chi connectivity index (χ4v) is 4.39. The van der Waals surface area contributed by atoms with Gasteiger partial charge in [0.15, 0.2) is 5.65 Å². The highest BCUT2D eigenvalue weighted by atomic mass is 35.5. The van der Waals surface area contributed by atoms with Gasteiger partial charge in [-0.15, -0.1) is 0 Å². The number of aliphatic hydroxyl groups is 1. The van der Waals surface area contributed by atoms with Crippen molar-refractivity contribution in [1.82, 2.24) is 19.5 Å². The Kier molecular flexibility index (Phi) is 4.34. The Hall–Kier alpha value is -2.76. The summed E-state index contributed by atoms with van der Waals surface area (Å²) in [4.78, 5) is 13.6. The molecule has 0 amide bonds. The predicted molar refractivity (Wildman–Crippen MR) is 109 cm³/mol. The highest BCUT2D eigenvalue weighted by Gasteiger charge is 2.30. The lowest BCUT2D eigenvalue weighted by atomic mass is 10.0. The van der Waals surface area contributed by atoms with Crippen molar-refractivity contribution >= 4 is 22.8 Å². The zero-order valence-electron chi connectivity index (χ0n) is 15.2. The molecule has 4 aromatic rings. The van der Waals surface area contributed by atoms with Crippen molar-refractivity contribution in [2.75, 3.05) is 6.61 Å². The van der Waals surface area contributed by atoms with E-state index in [0.29, 0.717) is 10.9 Å². The lowest BCUT2D eigenvalue weighted by molar-refractivity contribution is 0.259. The van der Waals surface area contributed by atoms with E-state index in [1.165, 1.54) is 11.1 Å². The molecule has 2 heterocycles. The van der Waals surface area contributed by atoms with E-state index in [-0.39, 0.29) is 12.5 Å². The Morgan fingerprint density at radius 1 is 0.964 bits per heavy atom. The van der Waals surface area contributed by atoms with Crippen LogP contribution in [-0.4, -0.2) is 31.2 Å². The van der Waals surface area contributed by atoms with Crippen molar-refractivity contribution in [1.29, 1.82) is 0 Å². The van der Waals surface area contributed by atoms with E-state index in [1.54, 1.807) is 6.33 Å². The molecule has 1 aliphatic carbocycles. The molecule has 0 aliphatic heterocycles. The number of aliphatic hydroxyl groups excluding tert-OH is 1. The third-order valence-electron chi connectivity index (χ3n) is 5.60. The first-order valence-corrected chi connectivity index (χ1v) is 9.74. The van der Waals surface area contributed by atoms with E-state index in [1.807, 2.05) is 36.7 Å². The molecule has 140 valence electrons. The average Bonchev–Trinajstić information content (AvgIpc) is 3.31. The van der Waals surface area contributed by atoms with Crippen LogP contribution < -0.4 is 0 Å². The van der Waals surface area contributed by atoms with Gasteiger partial charge in [0.25, 0.3) is 0 Å². The van der Waals surface area contributed by atoms with Crippen molar-refractivity contribution in [2.45, 2.75) is 24.8 Å². The largest absolute Gasteiger partial charge is 0.396 e. The van der Waals surface area contributed by atoms with Gasteiger partial charge >= 0.3 is 0 Å². The maximum Gasteiger partial charge on any atom is 0.163 e. The second-order valence-corrected chi connectivity index (χ2v) is 7.68. The van der Waals surface area contributed by atoms with Crippen LogP contribution >= 0.6 is 11.6 Å². The molecule has 0 bridgehead atoms. The van der Waals surface area contributed by atoms with Crippen LogP contribution in [0.25, 0.3) is 22.4 Å². The third-order valence-corrected chi connectivity index (χ3v) is 5.85. The Balaban J connectivity index is 1.52. The van der Waals surface area contributed by atoms with Crippen molar-refractivity contribution in [3.63, 3.8) is 0 Å². The number of nitrogens with zero attached hydrogens (tertiary/aromatic N) is 4. The SMILES string of the molecule is OC[C@H]1C[C@@H](Cn2cnc3c(-c4ccc(Cl)cc4)ncnc32)c2ccccc21. The molecule has 0 saturated heterocycles. The summed E-state index contributed by atoms with van der Waals surface area (Å²) in [6.45, 7) is 0.960. The van der Waals surface area contributed by atoms with Crippen LogP contribution in [-0.2, 0) is 6.54 Å². The second-order valence-electron chi connectivity index (χ2n) is 7.24. The molecule has 1 N–H and O–H groups in total. The minimum atomic E-state index is 0.182. The van der Waals surface area contributed by atoms with Gasteiger partial charge in [-0.1, -0.05) is 48.0 Å². The van der Waals surface area contributed by atoms with E-state index in [2.05, 4.69) is 37.7 Å². The van der Waals surface area contributed by atoms with Crippen LogP contribution in [0.15, 0.2) is 61.2 Å². The number of hydrogen-bond acceptors (Lipinski definition) is 4. The average molecular weight is 391 g/mol. The molecule has 2 aromatic carbocycles. The highest BCUT2D eigenvalue weighted by molar-refractivity contribution is 6.30. The Labute approximate surface area is 167 Å². The summed E-state index contributed by atoms with van der Waals surface area (Å²) in [6.07, 6.45) is 4.36. The minimum Gasteiger partial charge on any atom is -0.396 e. The van der Waals surface area contributed by atoms with E-state index < -0.39 is 0 Å². The fourth-order valence-electron chi connectivity index (χ4n) is 4.27. The Morgan fingerprint density at radius 2 is 1.71 bits per heavy atom. The molecular weight excluding hydrogens is 372 g/mol. The Morgan fingerprint density at radius 3 is 2.46 bits per heavy atom. The molecule has 0 saturated carbocycles. The summed E-state index contributed by atoms with van der Waals surface area (Å²) < 4.78 is 2.09. The number of hydrogen-bond donors (Lipinski definition) is 1. The van der Waals surface area contributed by atoms with Crippen LogP contribution in [0.5, 0.6) is 0 Å². The summed E-state index contributed by atoms with van der Waals surface area (Å²) in [7, 11) is 0. The van der Waals surface area contributed by atoms with Crippen molar-refractivity contribution in [2.24, 2.45) is 0 Å². The van der Waals surface area contributed by atoms with E-state index >= 15 is 0 Å². The summed E-state index contributed by atoms with van der Waals surface area (Å²) >= 11 is 6.01. The van der Waals surface area contributed by atoms with Gasteiger partial charge in [0, 0.05) is 35.6 Å². The van der Waals surface area contributed by atoms with Gasteiger partial charge in [0.05, 0.1) is 6.33 Å². The molecular formula is C22H19ClN4O. The lowest BCUT2D eigenvalue weighted by Crippen LogP contribution is -2.07. The molecule has 5 nitrogen and oxygen atoms in total. The molecule has 28 heavy (non-hydrogen) atoms. The normalized spacial score (nSPS) is 18.5. The van der Waals surface area contributed by atoms with Crippen LogP contribution in [0, 0.1) is 0 Å². The molecule has 2 aromatic heterocycles. The number of imidazole rings is 1. The highest BCUT2D eigenvalue weighted by Crippen LogP contribution is 2.42. The van der Waals surface area contributed by atoms with E-state index in [4.69, 9.17) is 11.6 Å². The summed E-state index contributed by atoms with van der Waals surface area (Å²) in [5.41, 5.74) is 5.96. The van der Waals surface area contributed by atoms with Gasteiger partial charge in [-0.2, -0.15) is 0 Å². The minimum absolute atomic E-state index is 0.182. The Bertz CT molecular complexity index is 1140. The first kappa shape index (κ1) is 17.3. The maximum absolute atomic E-state index is 9.76. The van der Waals surface area contributed by atoms with Gasteiger partial charge in [-0.05, 0) is 29.7 Å². The summed E-state index contributed by atoms with van der Waals surface area (Å²) in [6, 6.07) is 16.0. The summed E-state index contributed by atoms with van der Waals surface area (Å²) in [5.74, 6) is 0.537. The fraction of sp³-hybridized carbons (Fsp3) is 0.227. The van der Waals surface area contributed by atoms with Gasteiger partial charge in [0.1, 0.15) is 17.5 Å². The molecule has 1 aliphatic rings. The van der Waals surface area contributed by atoms with Gasteiger partial charge in [0.2, 0.25) is 0 Å². The third kappa shape index (κ3) is 2.87. The number of halogens is 1. The van der Waals surface area contributed by atoms with Crippen molar-refractivity contribution in [3.05, 3.63) is 77.3 Å². The zero-order valence-corrected chi connectivity index (χ0v) is 15.9. The monoisotopic (exact) mass is 390 g/mol.